The van der Waals surface area contributed by atoms with Gasteiger partial charge in [-0.3, -0.25) is 10.1 Å². The van der Waals surface area contributed by atoms with Gasteiger partial charge in [-0.1, -0.05) is 17.7 Å². The lowest BCUT2D eigenvalue weighted by atomic mass is 10.1. The fourth-order valence-corrected chi connectivity index (χ4v) is 3.20. The zero-order valence-corrected chi connectivity index (χ0v) is 16.0. The fourth-order valence-electron chi connectivity index (χ4n) is 2.32. The highest BCUT2D eigenvalue weighted by Gasteiger charge is 2.20. The minimum Gasteiger partial charge on any atom is -0.434 e. The van der Waals surface area contributed by atoms with Crippen LogP contribution in [0.3, 0.4) is 0 Å². The Labute approximate surface area is 160 Å². The Hall–Kier alpha value is -3.08. The van der Waals surface area contributed by atoms with Crippen LogP contribution in [0.25, 0.3) is 0 Å². The van der Waals surface area contributed by atoms with E-state index < -0.39 is 21.6 Å². The van der Waals surface area contributed by atoms with Gasteiger partial charge in [0.1, 0.15) is 5.75 Å². The number of alkyl halides is 2. The average Bonchev–Trinajstić information content (AvgIpc) is 2.60. The second-order valence-corrected chi connectivity index (χ2v) is 7.54. The topological polar surface area (TPSA) is 111 Å². The lowest BCUT2D eigenvalue weighted by molar-refractivity contribution is -0.385. The third-order valence-corrected chi connectivity index (χ3v) is 4.97. The van der Waals surface area contributed by atoms with Gasteiger partial charge in [-0.05, 0) is 39.0 Å². The molecule has 2 aromatic rings. The molecular formula is C17H17F2N3O5S. The van der Waals surface area contributed by atoms with E-state index in [2.05, 4.69) is 9.84 Å². The predicted molar refractivity (Wildman–Crippen MR) is 98.2 cm³/mol. The summed E-state index contributed by atoms with van der Waals surface area (Å²) in [5, 5.41) is 14.7. The van der Waals surface area contributed by atoms with Gasteiger partial charge in [-0.25, -0.2) is 0 Å². The maximum atomic E-state index is 12.6. The summed E-state index contributed by atoms with van der Waals surface area (Å²) in [6.45, 7) is 1.55. The van der Waals surface area contributed by atoms with Crippen molar-refractivity contribution in [2.24, 2.45) is 5.10 Å². The number of nitro groups is 1. The molecule has 28 heavy (non-hydrogen) atoms. The molecule has 2 rings (SSSR count). The summed E-state index contributed by atoms with van der Waals surface area (Å²) in [6.07, 6.45) is 0. The SMILES string of the molecule is C/C(=N/NS(=O)(=O)c1ccc(C)c([N+](=O)[O-])c1)c1cc(C)ccc1OC(F)F. The first-order chi connectivity index (χ1) is 13.0. The quantitative estimate of drug-likeness (QED) is 0.424. The Morgan fingerprint density at radius 3 is 2.50 bits per heavy atom. The predicted octanol–water partition coefficient (Wildman–Crippen LogP) is 3.52. The zero-order valence-electron chi connectivity index (χ0n) is 15.1. The summed E-state index contributed by atoms with van der Waals surface area (Å²) in [4.78, 5) is 11.9. The molecule has 0 saturated carbocycles. The van der Waals surface area contributed by atoms with Crippen LogP contribution in [0.15, 0.2) is 46.4 Å². The van der Waals surface area contributed by atoms with Crippen LogP contribution in [-0.2, 0) is 10.0 Å². The van der Waals surface area contributed by atoms with Crippen molar-refractivity contribution in [3.05, 3.63) is 63.2 Å². The summed E-state index contributed by atoms with van der Waals surface area (Å²) in [7, 11) is -4.21. The lowest BCUT2D eigenvalue weighted by Crippen LogP contribution is -2.20. The second-order valence-electron chi connectivity index (χ2n) is 5.88. The Bertz CT molecular complexity index is 1040. The molecule has 0 saturated heterocycles. The van der Waals surface area contributed by atoms with Gasteiger partial charge in [-0.2, -0.15) is 27.1 Å². The summed E-state index contributed by atoms with van der Waals surface area (Å²) >= 11 is 0. The number of ether oxygens (including phenoxy) is 1. The van der Waals surface area contributed by atoms with Gasteiger partial charge in [0.15, 0.2) is 0 Å². The molecule has 0 aromatic heterocycles. The monoisotopic (exact) mass is 413 g/mol. The molecule has 2 aromatic carbocycles. The molecule has 0 fully saturated rings. The molecule has 11 heteroatoms. The maximum Gasteiger partial charge on any atom is 0.387 e. The van der Waals surface area contributed by atoms with E-state index in [0.717, 1.165) is 11.6 Å². The molecule has 0 aliphatic heterocycles. The molecule has 0 aliphatic carbocycles. The molecule has 0 heterocycles. The Morgan fingerprint density at radius 2 is 1.89 bits per heavy atom. The molecule has 0 bridgehead atoms. The Balaban J connectivity index is 2.36. The van der Waals surface area contributed by atoms with Crippen molar-refractivity contribution >= 4 is 21.4 Å². The molecule has 1 N–H and O–H groups in total. The first kappa shape index (κ1) is 21.2. The van der Waals surface area contributed by atoms with E-state index in [1.807, 2.05) is 4.83 Å². The minimum atomic E-state index is -4.21. The van der Waals surface area contributed by atoms with Crippen molar-refractivity contribution in [1.29, 1.82) is 0 Å². The number of aryl methyl sites for hydroxylation is 2. The minimum absolute atomic E-state index is 0.0736. The van der Waals surface area contributed by atoms with Crippen LogP contribution in [0.1, 0.15) is 23.6 Å². The molecule has 0 spiro atoms. The number of hydrazone groups is 1. The van der Waals surface area contributed by atoms with E-state index in [9.17, 15) is 27.3 Å². The molecule has 0 unspecified atom stereocenters. The van der Waals surface area contributed by atoms with Crippen LogP contribution in [0.2, 0.25) is 0 Å². The van der Waals surface area contributed by atoms with E-state index in [4.69, 9.17) is 0 Å². The highest BCUT2D eigenvalue weighted by Crippen LogP contribution is 2.24. The van der Waals surface area contributed by atoms with Gasteiger partial charge in [-0.15, -0.1) is 0 Å². The third kappa shape index (κ3) is 5.00. The average molecular weight is 413 g/mol. The van der Waals surface area contributed by atoms with Crippen LogP contribution in [0.4, 0.5) is 14.5 Å². The van der Waals surface area contributed by atoms with Crippen molar-refractivity contribution in [2.45, 2.75) is 32.3 Å². The van der Waals surface area contributed by atoms with E-state index in [1.165, 1.54) is 38.1 Å². The van der Waals surface area contributed by atoms with Crippen LogP contribution >= 0.6 is 0 Å². The molecular weight excluding hydrogens is 396 g/mol. The van der Waals surface area contributed by atoms with Crippen molar-refractivity contribution in [2.75, 3.05) is 0 Å². The number of sulfonamides is 1. The van der Waals surface area contributed by atoms with Gasteiger partial charge < -0.3 is 4.74 Å². The summed E-state index contributed by atoms with van der Waals surface area (Å²) < 4.78 is 54.3. The van der Waals surface area contributed by atoms with Crippen LogP contribution in [0, 0.1) is 24.0 Å². The summed E-state index contributed by atoms with van der Waals surface area (Å²) in [6, 6.07) is 7.83. The Kier molecular flexibility index (Phi) is 6.29. The number of nitrogens with one attached hydrogen (secondary N) is 1. The largest absolute Gasteiger partial charge is 0.434 e. The van der Waals surface area contributed by atoms with Crippen LogP contribution in [-0.4, -0.2) is 25.7 Å². The molecule has 8 nitrogen and oxygen atoms in total. The van der Waals surface area contributed by atoms with E-state index in [0.29, 0.717) is 5.56 Å². The van der Waals surface area contributed by atoms with Crippen LogP contribution < -0.4 is 9.57 Å². The van der Waals surface area contributed by atoms with Gasteiger partial charge in [0.05, 0.1) is 15.5 Å². The molecule has 0 radical (unpaired) electrons. The number of hydrogen-bond donors (Lipinski definition) is 1. The van der Waals surface area contributed by atoms with Gasteiger partial charge in [0, 0.05) is 17.2 Å². The fraction of sp³-hybridized carbons (Fsp3) is 0.235. The lowest BCUT2D eigenvalue weighted by Gasteiger charge is -2.12. The third-order valence-electron chi connectivity index (χ3n) is 3.76. The molecule has 150 valence electrons. The first-order valence-corrected chi connectivity index (χ1v) is 9.36. The normalized spacial score (nSPS) is 12.1. The zero-order chi connectivity index (χ0) is 21.1. The van der Waals surface area contributed by atoms with Gasteiger partial charge in [0.2, 0.25) is 0 Å². The van der Waals surface area contributed by atoms with E-state index in [-0.39, 0.29) is 27.6 Å². The molecule has 0 atom stereocenters. The van der Waals surface area contributed by atoms with E-state index >= 15 is 0 Å². The van der Waals surface area contributed by atoms with Crippen LogP contribution in [0.5, 0.6) is 5.75 Å². The highest BCUT2D eigenvalue weighted by molar-refractivity contribution is 7.89. The molecule has 0 aliphatic rings. The highest BCUT2D eigenvalue weighted by atomic mass is 32.2. The van der Waals surface area contributed by atoms with E-state index in [1.54, 1.807) is 13.0 Å². The number of hydrogen-bond acceptors (Lipinski definition) is 6. The maximum absolute atomic E-state index is 12.6. The van der Waals surface area contributed by atoms with Gasteiger partial charge in [0.25, 0.3) is 15.7 Å². The number of rotatable bonds is 7. The van der Waals surface area contributed by atoms with Gasteiger partial charge >= 0.3 is 6.61 Å². The number of benzene rings is 2. The van der Waals surface area contributed by atoms with Crippen molar-refractivity contribution < 1.29 is 26.9 Å². The Morgan fingerprint density at radius 1 is 1.21 bits per heavy atom. The van der Waals surface area contributed by atoms with Crippen molar-refractivity contribution in [3.63, 3.8) is 0 Å². The van der Waals surface area contributed by atoms with Crippen molar-refractivity contribution in [3.8, 4) is 5.75 Å². The number of halogens is 2. The second kappa shape index (κ2) is 8.30. The number of nitro benzene ring substituents is 1. The number of nitrogens with zero attached hydrogens (tertiary/aromatic N) is 2. The smallest absolute Gasteiger partial charge is 0.387 e. The standard InChI is InChI=1S/C17H17F2N3O5S/c1-10-4-7-16(27-17(18)19)14(8-10)12(3)20-21-28(25,26)13-6-5-11(2)15(9-13)22(23)24/h4-9,17,21H,1-3H3/b20-12-. The summed E-state index contributed by atoms with van der Waals surface area (Å²) in [5.41, 5.74) is 0.928. The first-order valence-electron chi connectivity index (χ1n) is 7.88. The summed E-state index contributed by atoms with van der Waals surface area (Å²) in [5.74, 6) is -0.160. The van der Waals surface area contributed by atoms with Crippen molar-refractivity contribution in [1.82, 2.24) is 4.83 Å². The molecule has 0 amide bonds.